The summed E-state index contributed by atoms with van der Waals surface area (Å²) in [6.07, 6.45) is -3.28. The largest absolute Gasteiger partial charge is 0.401 e. The number of nitrogens with zero attached hydrogens (tertiary/aromatic N) is 1. The van der Waals surface area contributed by atoms with Gasteiger partial charge < -0.3 is 0 Å². The van der Waals surface area contributed by atoms with Crippen LogP contribution in [-0.4, -0.2) is 36.0 Å². The van der Waals surface area contributed by atoms with E-state index >= 15 is 0 Å². The van der Waals surface area contributed by atoms with Crippen LogP contribution in [0.25, 0.3) is 0 Å². The van der Waals surface area contributed by atoms with E-state index in [2.05, 4.69) is 15.9 Å². The third kappa shape index (κ3) is 8.81. The molecule has 14 heavy (non-hydrogen) atoms. The first kappa shape index (κ1) is 14.2. The molecule has 0 saturated carbocycles. The van der Waals surface area contributed by atoms with Crippen LogP contribution < -0.4 is 0 Å². The second-order valence-electron chi connectivity index (χ2n) is 3.76. The highest BCUT2D eigenvalue weighted by Gasteiger charge is 2.30. The molecule has 0 spiro atoms. The van der Waals surface area contributed by atoms with Crippen molar-refractivity contribution in [3.05, 3.63) is 0 Å². The van der Waals surface area contributed by atoms with Crippen molar-refractivity contribution in [2.24, 2.45) is 5.92 Å². The summed E-state index contributed by atoms with van der Waals surface area (Å²) in [7, 11) is 0. The Morgan fingerprint density at radius 3 is 2.14 bits per heavy atom. The molecule has 0 aliphatic heterocycles. The number of hydrogen-bond acceptors (Lipinski definition) is 1. The van der Waals surface area contributed by atoms with Crippen LogP contribution in [0.4, 0.5) is 13.2 Å². The van der Waals surface area contributed by atoms with Gasteiger partial charge in [-0.3, -0.25) is 4.90 Å². The Morgan fingerprint density at radius 1 is 1.21 bits per heavy atom. The highest BCUT2D eigenvalue weighted by Crippen LogP contribution is 2.17. The third-order valence-corrected chi connectivity index (χ3v) is 2.18. The average molecular weight is 276 g/mol. The summed E-state index contributed by atoms with van der Waals surface area (Å²) in [6.45, 7) is 4.19. The van der Waals surface area contributed by atoms with Gasteiger partial charge >= 0.3 is 6.18 Å². The Labute approximate surface area is 91.8 Å². The van der Waals surface area contributed by atoms with Crippen LogP contribution >= 0.6 is 15.9 Å². The fraction of sp³-hybridized carbons (Fsp3) is 1.00. The van der Waals surface area contributed by atoms with Crippen molar-refractivity contribution in [1.29, 1.82) is 0 Å². The zero-order valence-electron chi connectivity index (χ0n) is 8.57. The topological polar surface area (TPSA) is 3.24 Å². The van der Waals surface area contributed by atoms with Gasteiger partial charge in [-0.25, -0.2) is 0 Å². The van der Waals surface area contributed by atoms with Gasteiger partial charge in [-0.05, 0) is 18.9 Å². The highest BCUT2D eigenvalue weighted by atomic mass is 79.9. The van der Waals surface area contributed by atoms with Crippen LogP contribution in [0, 0.1) is 5.92 Å². The molecule has 0 amide bonds. The van der Waals surface area contributed by atoms with Crippen LogP contribution in [-0.2, 0) is 0 Å². The molecule has 0 aromatic heterocycles. The number of halogens is 4. The molecule has 86 valence electrons. The smallest absolute Gasteiger partial charge is 0.294 e. The van der Waals surface area contributed by atoms with Gasteiger partial charge in [0.1, 0.15) is 0 Å². The normalized spacial score (nSPS) is 12.9. The Morgan fingerprint density at radius 2 is 1.79 bits per heavy atom. The molecular formula is C9H17BrF3N. The van der Waals surface area contributed by atoms with Crippen LogP contribution in [0.1, 0.15) is 20.3 Å². The van der Waals surface area contributed by atoms with Crippen LogP contribution in [0.5, 0.6) is 0 Å². The van der Waals surface area contributed by atoms with Gasteiger partial charge in [0.15, 0.2) is 0 Å². The quantitative estimate of drug-likeness (QED) is 0.673. The summed E-state index contributed by atoms with van der Waals surface area (Å²) in [5.74, 6) is 0.445. The lowest BCUT2D eigenvalue weighted by Crippen LogP contribution is -2.36. The lowest BCUT2D eigenvalue weighted by molar-refractivity contribution is -0.145. The molecule has 1 nitrogen and oxygen atoms in total. The van der Waals surface area contributed by atoms with E-state index in [-0.39, 0.29) is 0 Å². The fourth-order valence-electron chi connectivity index (χ4n) is 1.08. The molecule has 0 aromatic carbocycles. The van der Waals surface area contributed by atoms with Crippen molar-refractivity contribution < 1.29 is 13.2 Å². The maximum absolute atomic E-state index is 12.1. The second kappa shape index (κ2) is 6.67. The standard InChI is InChI=1S/C9H17BrF3N/c1-8(2)3-5-14(6-4-10)7-9(11,12)13/h8H,3-7H2,1-2H3. The molecule has 0 N–H and O–H groups in total. The van der Waals surface area contributed by atoms with Crippen molar-refractivity contribution in [1.82, 2.24) is 4.90 Å². The number of hydrogen-bond donors (Lipinski definition) is 0. The molecule has 0 atom stereocenters. The summed E-state index contributed by atoms with van der Waals surface area (Å²) in [4.78, 5) is 1.44. The summed E-state index contributed by atoms with van der Waals surface area (Å²) in [5, 5.41) is 0.584. The molecule has 0 rings (SSSR count). The summed E-state index contributed by atoms with van der Waals surface area (Å²) in [5.41, 5.74) is 0. The molecule has 0 unspecified atom stereocenters. The Bertz CT molecular complexity index is 147. The minimum absolute atomic E-state index is 0.445. The van der Waals surface area contributed by atoms with E-state index < -0.39 is 12.7 Å². The van der Waals surface area contributed by atoms with E-state index in [9.17, 15) is 13.2 Å². The molecule has 0 saturated heterocycles. The predicted octanol–water partition coefficient (Wildman–Crippen LogP) is 3.29. The second-order valence-corrected chi connectivity index (χ2v) is 4.56. The van der Waals surface area contributed by atoms with E-state index in [1.54, 1.807) is 0 Å². The van der Waals surface area contributed by atoms with Gasteiger partial charge in [-0.15, -0.1) is 0 Å². The predicted molar refractivity (Wildman–Crippen MR) is 55.7 cm³/mol. The Balaban J connectivity index is 3.89. The van der Waals surface area contributed by atoms with E-state index in [1.165, 1.54) is 4.90 Å². The van der Waals surface area contributed by atoms with Gasteiger partial charge in [0.2, 0.25) is 0 Å². The summed E-state index contributed by atoms with van der Waals surface area (Å²) >= 11 is 3.16. The van der Waals surface area contributed by atoms with E-state index in [4.69, 9.17) is 0 Å². The van der Waals surface area contributed by atoms with Crippen LogP contribution in [0.3, 0.4) is 0 Å². The fourth-order valence-corrected chi connectivity index (χ4v) is 1.59. The molecule has 0 aromatic rings. The van der Waals surface area contributed by atoms with Gasteiger partial charge in [0.25, 0.3) is 0 Å². The number of alkyl halides is 4. The molecule has 0 aliphatic rings. The van der Waals surface area contributed by atoms with Gasteiger partial charge in [-0.1, -0.05) is 29.8 Å². The molecule has 0 fully saturated rings. The molecule has 5 heteroatoms. The molecule has 0 aliphatic carbocycles. The van der Waals surface area contributed by atoms with Crippen LogP contribution in [0.2, 0.25) is 0 Å². The van der Waals surface area contributed by atoms with E-state index in [1.807, 2.05) is 13.8 Å². The molecule has 0 bridgehead atoms. The Hall–Kier alpha value is 0.230. The van der Waals surface area contributed by atoms with Crippen molar-refractivity contribution in [2.75, 3.05) is 25.0 Å². The minimum atomic E-state index is -4.08. The summed E-state index contributed by atoms with van der Waals surface area (Å²) < 4.78 is 36.3. The lowest BCUT2D eigenvalue weighted by Gasteiger charge is -2.23. The first-order valence-electron chi connectivity index (χ1n) is 4.70. The molecule has 0 radical (unpaired) electrons. The molecule has 0 heterocycles. The van der Waals surface area contributed by atoms with Crippen molar-refractivity contribution >= 4 is 15.9 Å². The van der Waals surface area contributed by atoms with Gasteiger partial charge in [0, 0.05) is 11.9 Å². The van der Waals surface area contributed by atoms with Gasteiger partial charge in [0.05, 0.1) is 6.54 Å². The van der Waals surface area contributed by atoms with Crippen molar-refractivity contribution in [3.8, 4) is 0 Å². The van der Waals surface area contributed by atoms with E-state index in [0.717, 1.165) is 6.42 Å². The third-order valence-electron chi connectivity index (χ3n) is 1.83. The SMILES string of the molecule is CC(C)CCN(CCBr)CC(F)(F)F. The maximum Gasteiger partial charge on any atom is 0.401 e. The van der Waals surface area contributed by atoms with Crippen molar-refractivity contribution in [2.45, 2.75) is 26.4 Å². The lowest BCUT2D eigenvalue weighted by atomic mass is 10.1. The first-order valence-corrected chi connectivity index (χ1v) is 5.82. The summed E-state index contributed by atoms with van der Waals surface area (Å²) in [6, 6.07) is 0. The first-order chi connectivity index (χ1) is 6.35. The minimum Gasteiger partial charge on any atom is -0.294 e. The zero-order chi connectivity index (χ0) is 11.2. The maximum atomic E-state index is 12.1. The monoisotopic (exact) mass is 275 g/mol. The van der Waals surface area contributed by atoms with Crippen LogP contribution in [0.15, 0.2) is 0 Å². The zero-order valence-corrected chi connectivity index (χ0v) is 10.2. The van der Waals surface area contributed by atoms with Gasteiger partial charge in [-0.2, -0.15) is 13.2 Å². The number of rotatable bonds is 6. The highest BCUT2D eigenvalue weighted by molar-refractivity contribution is 9.09. The average Bonchev–Trinajstić information content (AvgIpc) is 1.98. The van der Waals surface area contributed by atoms with Crippen molar-refractivity contribution in [3.63, 3.8) is 0 Å². The van der Waals surface area contributed by atoms with E-state index in [0.29, 0.717) is 24.3 Å². The molecular weight excluding hydrogens is 259 g/mol. The Kier molecular flexibility index (Phi) is 6.78.